The molecule has 2 amide bonds. The number of phenolic OH excluding ortho intramolecular Hbond substituents is 1. The first-order valence-electron chi connectivity index (χ1n) is 10.0. The molecule has 2 aliphatic rings. The van der Waals surface area contributed by atoms with Gasteiger partial charge in [0, 0.05) is 11.5 Å². The number of carbonyl (C=O) groups excluding carboxylic acids is 2. The number of aliphatic carboxylic acids is 2. The molecule has 2 aromatic rings. The van der Waals surface area contributed by atoms with E-state index in [9.17, 15) is 29.4 Å². The monoisotopic (exact) mass is 521 g/mol. The number of benzene rings is 1. The fraction of sp³-hybridized carbons (Fsp3) is 0.316. The SMILES string of the molecule is NC(C(=O)N[C@@H]1C(=O)N2C(C(=O)O)=C(CSc3nnnn3CC(=O)O)CS[C@@H]12)c1ccc(O)cc1. The molecule has 35 heavy (non-hydrogen) atoms. The summed E-state index contributed by atoms with van der Waals surface area (Å²) in [6.45, 7) is -0.449. The molecular weight excluding hydrogens is 502 g/mol. The highest BCUT2D eigenvalue weighted by molar-refractivity contribution is 8.01. The van der Waals surface area contributed by atoms with Crippen LogP contribution >= 0.6 is 23.5 Å². The van der Waals surface area contributed by atoms with Crippen molar-refractivity contribution in [3.8, 4) is 5.75 Å². The number of fused-ring (bicyclic) bond motifs is 1. The number of tetrazole rings is 1. The van der Waals surface area contributed by atoms with Gasteiger partial charge in [0.2, 0.25) is 11.1 Å². The molecule has 0 spiro atoms. The second kappa shape index (κ2) is 9.93. The summed E-state index contributed by atoms with van der Waals surface area (Å²) in [4.78, 5) is 49.5. The van der Waals surface area contributed by atoms with Crippen molar-refractivity contribution in [1.82, 2.24) is 30.4 Å². The molecule has 2 aliphatic heterocycles. The first-order chi connectivity index (χ1) is 16.7. The van der Waals surface area contributed by atoms with Crippen molar-refractivity contribution in [1.29, 1.82) is 0 Å². The van der Waals surface area contributed by atoms with Crippen LogP contribution in [0.1, 0.15) is 11.6 Å². The largest absolute Gasteiger partial charge is 0.508 e. The van der Waals surface area contributed by atoms with Gasteiger partial charge >= 0.3 is 11.9 Å². The van der Waals surface area contributed by atoms with Crippen molar-refractivity contribution in [3.63, 3.8) is 0 Å². The second-order valence-electron chi connectivity index (χ2n) is 7.52. The van der Waals surface area contributed by atoms with Gasteiger partial charge in [-0.25, -0.2) is 9.48 Å². The molecule has 1 aromatic heterocycles. The van der Waals surface area contributed by atoms with Gasteiger partial charge in [0.25, 0.3) is 5.91 Å². The van der Waals surface area contributed by atoms with Gasteiger partial charge in [0.15, 0.2) is 0 Å². The minimum Gasteiger partial charge on any atom is -0.508 e. The van der Waals surface area contributed by atoms with E-state index in [4.69, 9.17) is 10.8 Å². The van der Waals surface area contributed by atoms with E-state index >= 15 is 0 Å². The topological polar surface area (TPSA) is 214 Å². The highest BCUT2D eigenvalue weighted by Crippen LogP contribution is 2.41. The van der Waals surface area contributed by atoms with Crippen molar-refractivity contribution in [2.24, 2.45) is 5.73 Å². The summed E-state index contributed by atoms with van der Waals surface area (Å²) in [5.41, 5.74) is 6.66. The van der Waals surface area contributed by atoms with Crippen LogP contribution in [-0.4, -0.2) is 87.1 Å². The standard InChI is InChI=1S/C19H19N7O7S2/c20-12(8-1-3-10(27)4-2-8)15(30)21-13-16(31)26-14(18(32)33)9(6-34-17(13)26)7-35-19-22-23-24-25(19)5-11(28)29/h1-4,12-13,17,27H,5-7,20H2,(H,21,30)(H,28,29)(H,32,33)/t12?,13-,17+/m1/s1. The zero-order valence-electron chi connectivity index (χ0n) is 17.8. The Morgan fingerprint density at radius 1 is 1.26 bits per heavy atom. The quantitative estimate of drug-likeness (QED) is 0.198. The number of nitrogens with one attached hydrogen (secondary N) is 1. The Labute approximate surface area is 205 Å². The van der Waals surface area contributed by atoms with Crippen LogP contribution < -0.4 is 11.1 Å². The van der Waals surface area contributed by atoms with E-state index in [1.165, 1.54) is 36.0 Å². The number of aromatic nitrogens is 4. The zero-order chi connectivity index (χ0) is 25.3. The maximum atomic E-state index is 12.8. The Balaban J connectivity index is 1.45. The average molecular weight is 522 g/mol. The number of rotatable bonds is 9. The predicted octanol–water partition coefficient (Wildman–Crippen LogP) is -1.01. The number of hydrogen-bond donors (Lipinski definition) is 5. The van der Waals surface area contributed by atoms with Gasteiger partial charge in [-0.1, -0.05) is 23.9 Å². The maximum Gasteiger partial charge on any atom is 0.352 e. The van der Waals surface area contributed by atoms with E-state index in [2.05, 4.69) is 20.8 Å². The number of carboxylic acids is 2. The molecule has 1 fully saturated rings. The maximum absolute atomic E-state index is 12.8. The van der Waals surface area contributed by atoms with Crippen LogP contribution in [0.15, 0.2) is 40.7 Å². The summed E-state index contributed by atoms with van der Waals surface area (Å²) in [5.74, 6) is -3.22. The van der Waals surface area contributed by atoms with Crippen molar-refractivity contribution in [2.45, 2.75) is 29.2 Å². The Kier molecular flexibility index (Phi) is 6.95. The average Bonchev–Trinajstić information content (AvgIpc) is 3.26. The molecule has 4 rings (SSSR count). The summed E-state index contributed by atoms with van der Waals surface area (Å²) in [6.07, 6.45) is 0. The van der Waals surface area contributed by atoms with E-state index in [0.29, 0.717) is 11.1 Å². The second-order valence-corrected chi connectivity index (χ2v) is 9.57. The minimum atomic E-state index is -1.30. The van der Waals surface area contributed by atoms with Crippen molar-refractivity contribution >= 4 is 47.3 Å². The van der Waals surface area contributed by atoms with Gasteiger partial charge in [0.1, 0.15) is 35.4 Å². The normalized spacial score (nSPS) is 20.1. The number of nitrogens with two attached hydrogens (primary N) is 1. The van der Waals surface area contributed by atoms with Gasteiger partial charge in [-0.05, 0) is 33.7 Å². The first-order valence-corrected chi connectivity index (χ1v) is 12.1. The molecule has 1 aromatic carbocycles. The molecule has 16 heteroatoms. The molecule has 0 saturated carbocycles. The molecule has 0 radical (unpaired) electrons. The van der Waals surface area contributed by atoms with Gasteiger partial charge in [0.05, 0.1) is 0 Å². The number of β-lactam (4-membered cyclic amide) rings is 1. The Morgan fingerprint density at radius 2 is 1.97 bits per heavy atom. The lowest BCUT2D eigenvalue weighted by molar-refractivity contribution is -0.150. The molecule has 6 N–H and O–H groups in total. The molecule has 3 heterocycles. The lowest BCUT2D eigenvalue weighted by Gasteiger charge is -2.49. The number of phenols is 1. The third kappa shape index (κ3) is 4.94. The summed E-state index contributed by atoms with van der Waals surface area (Å²) in [6, 6.07) is 3.74. The van der Waals surface area contributed by atoms with Crippen molar-refractivity contribution in [3.05, 3.63) is 41.1 Å². The first kappa shape index (κ1) is 24.5. The smallest absolute Gasteiger partial charge is 0.352 e. The number of nitrogens with zero attached hydrogens (tertiary/aromatic N) is 5. The number of hydrogen-bond acceptors (Lipinski definition) is 11. The van der Waals surface area contributed by atoms with Gasteiger partial charge in [-0.3, -0.25) is 19.3 Å². The van der Waals surface area contributed by atoms with Crippen LogP contribution in [0, 0.1) is 0 Å². The van der Waals surface area contributed by atoms with Crippen molar-refractivity contribution in [2.75, 3.05) is 11.5 Å². The predicted molar refractivity (Wildman–Crippen MR) is 121 cm³/mol. The Hall–Kier alpha value is -3.63. The fourth-order valence-corrected chi connectivity index (χ4v) is 5.91. The Bertz CT molecular complexity index is 1220. The highest BCUT2D eigenvalue weighted by Gasteiger charge is 2.54. The van der Waals surface area contributed by atoms with E-state index < -0.39 is 47.8 Å². The third-order valence-corrected chi connectivity index (χ3v) is 7.62. The van der Waals surface area contributed by atoms with Crippen LogP contribution in [0.25, 0.3) is 0 Å². The molecule has 3 atom stereocenters. The highest BCUT2D eigenvalue weighted by atomic mass is 32.2. The molecule has 0 bridgehead atoms. The molecule has 1 saturated heterocycles. The van der Waals surface area contributed by atoms with Crippen LogP contribution in [0.5, 0.6) is 5.75 Å². The molecule has 14 nitrogen and oxygen atoms in total. The fourth-order valence-electron chi connectivity index (χ4n) is 3.55. The number of carboxylic acid groups (broad SMARTS) is 2. The third-order valence-electron chi connectivity index (χ3n) is 5.24. The zero-order valence-corrected chi connectivity index (χ0v) is 19.4. The number of aromatic hydroxyl groups is 1. The number of amides is 2. The van der Waals surface area contributed by atoms with Crippen LogP contribution in [0.4, 0.5) is 0 Å². The number of thioether (sulfide) groups is 2. The molecule has 1 unspecified atom stereocenters. The van der Waals surface area contributed by atoms with Crippen molar-refractivity contribution < 1.29 is 34.5 Å². The van der Waals surface area contributed by atoms with E-state index in [-0.39, 0.29) is 28.1 Å². The lowest BCUT2D eigenvalue weighted by Crippen LogP contribution is -2.71. The molecule has 0 aliphatic carbocycles. The summed E-state index contributed by atoms with van der Waals surface area (Å²) >= 11 is 2.34. The van der Waals surface area contributed by atoms with E-state index in [1.54, 1.807) is 0 Å². The molecule has 184 valence electrons. The van der Waals surface area contributed by atoms with Crippen LogP contribution in [0.3, 0.4) is 0 Å². The molecular formula is C19H19N7O7S2. The van der Waals surface area contributed by atoms with Crippen LogP contribution in [-0.2, 0) is 25.7 Å². The summed E-state index contributed by atoms with van der Waals surface area (Å²) in [5, 5.41) is 41.0. The van der Waals surface area contributed by atoms with Gasteiger partial charge < -0.3 is 26.4 Å². The van der Waals surface area contributed by atoms with Gasteiger partial charge in [-0.2, -0.15) is 0 Å². The van der Waals surface area contributed by atoms with Crippen LogP contribution in [0.2, 0.25) is 0 Å². The summed E-state index contributed by atoms with van der Waals surface area (Å²) < 4.78 is 1.07. The Morgan fingerprint density at radius 3 is 2.63 bits per heavy atom. The van der Waals surface area contributed by atoms with Gasteiger partial charge in [-0.15, -0.1) is 16.9 Å². The summed E-state index contributed by atoms with van der Waals surface area (Å²) in [7, 11) is 0. The van der Waals surface area contributed by atoms with E-state index in [0.717, 1.165) is 21.3 Å². The lowest BCUT2D eigenvalue weighted by atomic mass is 10.0. The minimum absolute atomic E-state index is 0.0186. The van der Waals surface area contributed by atoms with E-state index in [1.807, 2.05) is 0 Å². The number of carbonyl (C=O) groups is 4.